The summed E-state index contributed by atoms with van der Waals surface area (Å²) >= 11 is 0. The van der Waals surface area contributed by atoms with Gasteiger partial charge < -0.3 is 10.1 Å². The average molecular weight is 223 g/mol. The van der Waals surface area contributed by atoms with E-state index < -0.39 is 0 Å². The molecule has 1 aromatic heterocycles. The summed E-state index contributed by atoms with van der Waals surface area (Å²) in [6.45, 7) is 5.95. The number of aryl methyl sites for hydroxylation is 1. The van der Waals surface area contributed by atoms with Gasteiger partial charge in [-0.2, -0.15) is 5.10 Å². The van der Waals surface area contributed by atoms with E-state index in [1.165, 1.54) is 18.4 Å². The molecule has 1 atom stereocenters. The van der Waals surface area contributed by atoms with Crippen molar-refractivity contribution in [2.75, 3.05) is 13.2 Å². The molecule has 1 N–H and O–H groups in total. The first kappa shape index (κ1) is 11.6. The molecule has 16 heavy (non-hydrogen) atoms. The quantitative estimate of drug-likeness (QED) is 0.795. The predicted octanol–water partition coefficient (Wildman–Crippen LogP) is 1.56. The number of hydrogen-bond acceptors (Lipinski definition) is 3. The third kappa shape index (κ3) is 3.32. The SMILES string of the molecule is CCCn1cc(CNC[C@@H]2CCCO2)cn1. The van der Waals surface area contributed by atoms with Crippen LogP contribution >= 0.6 is 0 Å². The van der Waals surface area contributed by atoms with Crippen molar-refractivity contribution in [1.29, 1.82) is 0 Å². The Morgan fingerprint density at radius 2 is 2.56 bits per heavy atom. The molecule has 1 aliphatic heterocycles. The second-order valence-electron chi connectivity index (χ2n) is 4.38. The smallest absolute Gasteiger partial charge is 0.0700 e. The van der Waals surface area contributed by atoms with Crippen molar-refractivity contribution in [2.24, 2.45) is 0 Å². The lowest BCUT2D eigenvalue weighted by Gasteiger charge is -2.09. The van der Waals surface area contributed by atoms with Gasteiger partial charge in [0.05, 0.1) is 12.3 Å². The van der Waals surface area contributed by atoms with Crippen LogP contribution < -0.4 is 5.32 Å². The molecule has 0 unspecified atom stereocenters. The zero-order chi connectivity index (χ0) is 11.2. The summed E-state index contributed by atoms with van der Waals surface area (Å²) in [5.41, 5.74) is 1.26. The van der Waals surface area contributed by atoms with Gasteiger partial charge in [-0.25, -0.2) is 0 Å². The summed E-state index contributed by atoms with van der Waals surface area (Å²) in [6, 6.07) is 0. The third-order valence-electron chi connectivity index (χ3n) is 2.86. The number of aromatic nitrogens is 2. The minimum Gasteiger partial charge on any atom is -0.377 e. The summed E-state index contributed by atoms with van der Waals surface area (Å²) in [4.78, 5) is 0. The van der Waals surface area contributed by atoms with Crippen LogP contribution in [-0.4, -0.2) is 29.0 Å². The molecule has 0 radical (unpaired) electrons. The van der Waals surface area contributed by atoms with Gasteiger partial charge in [-0.3, -0.25) is 4.68 Å². The Morgan fingerprint density at radius 3 is 3.31 bits per heavy atom. The second kappa shape index (κ2) is 6.01. The lowest BCUT2D eigenvalue weighted by molar-refractivity contribution is 0.110. The zero-order valence-corrected chi connectivity index (χ0v) is 9.98. The van der Waals surface area contributed by atoms with Gasteiger partial charge in [-0.05, 0) is 19.3 Å². The van der Waals surface area contributed by atoms with E-state index >= 15 is 0 Å². The third-order valence-corrected chi connectivity index (χ3v) is 2.86. The maximum absolute atomic E-state index is 5.55. The first-order chi connectivity index (χ1) is 7.88. The molecular formula is C12H21N3O. The fourth-order valence-electron chi connectivity index (χ4n) is 2.03. The Kier molecular flexibility index (Phi) is 4.36. The lowest BCUT2D eigenvalue weighted by Crippen LogP contribution is -2.25. The summed E-state index contributed by atoms with van der Waals surface area (Å²) in [5, 5.41) is 7.72. The van der Waals surface area contributed by atoms with Crippen LogP contribution in [0, 0.1) is 0 Å². The molecule has 4 nitrogen and oxygen atoms in total. The molecule has 1 saturated heterocycles. The first-order valence-corrected chi connectivity index (χ1v) is 6.22. The summed E-state index contributed by atoms with van der Waals surface area (Å²) in [6.07, 6.45) is 8.02. The van der Waals surface area contributed by atoms with Gasteiger partial charge in [-0.1, -0.05) is 6.92 Å². The first-order valence-electron chi connectivity index (χ1n) is 6.22. The second-order valence-corrected chi connectivity index (χ2v) is 4.38. The van der Waals surface area contributed by atoms with Crippen molar-refractivity contribution in [3.8, 4) is 0 Å². The maximum atomic E-state index is 5.55. The van der Waals surface area contributed by atoms with Gasteiger partial charge in [0, 0.05) is 38.0 Å². The van der Waals surface area contributed by atoms with Gasteiger partial charge in [0.25, 0.3) is 0 Å². The van der Waals surface area contributed by atoms with E-state index in [1.807, 2.05) is 10.9 Å². The standard InChI is InChI=1S/C12H21N3O/c1-2-5-15-10-11(8-14-15)7-13-9-12-4-3-6-16-12/h8,10,12-13H,2-7,9H2,1H3/t12-/m0/s1. The van der Waals surface area contributed by atoms with Gasteiger partial charge >= 0.3 is 0 Å². The number of ether oxygens (including phenoxy) is 1. The Labute approximate surface area is 97.0 Å². The molecule has 0 saturated carbocycles. The van der Waals surface area contributed by atoms with Crippen LogP contribution in [0.1, 0.15) is 31.7 Å². The molecule has 2 heterocycles. The molecule has 0 amide bonds. The van der Waals surface area contributed by atoms with E-state index in [4.69, 9.17) is 4.74 Å². The van der Waals surface area contributed by atoms with E-state index in [1.54, 1.807) is 0 Å². The van der Waals surface area contributed by atoms with Gasteiger partial charge in [0.1, 0.15) is 0 Å². The van der Waals surface area contributed by atoms with Gasteiger partial charge in [0.15, 0.2) is 0 Å². The van der Waals surface area contributed by atoms with Gasteiger partial charge in [0.2, 0.25) is 0 Å². The summed E-state index contributed by atoms with van der Waals surface area (Å²) in [7, 11) is 0. The molecule has 0 aromatic carbocycles. The maximum Gasteiger partial charge on any atom is 0.0700 e. The molecular weight excluding hydrogens is 202 g/mol. The van der Waals surface area contributed by atoms with Crippen LogP contribution in [0.2, 0.25) is 0 Å². The van der Waals surface area contributed by atoms with Crippen LogP contribution in [0.25, 0.3) is 0 Å². The molecule has 90 valence electrons. The summed E-state index contributed by atoms with van der Waals surface area (Å²) in [5.74, 6) is 0. The normalized spacial score (nSPS) is 20.4. The van der Waals surface area contributed by atoms with Crippen molar-refractivity contribution >= 4 is 0 Å². The fraction of sp³-hybridized carbons (Fsp3) is 0.750. The van der Waals surface area contributed by atoms with Crippen LogP contribution in [0.15, 0.2) is 12.4 Å². The Balaban J connectivity index is 1.67. The van der Waals surface area contributed by atoms with Crippen molar-refractivity contribution in [2.45, 2.75) is 45.4 Å². The van der Waals surface area contributed by atoms with E-state index in [0.29, 0.717) is 6.10 Å². The number of nitrogens with one attached hydrogen (secondary N) is 1. The highest BCUT2D eigenvalue weighted by Gasteiger charge is 2.14. The average Bonchev–Trinajstić information content (AvgIpc) is 2.90. The molecule has 0 spiro atoms. The largest absolute Gasteiger partial charge is 0.377 e. The van der Waals surface area contributed by atoms with Gasteiger partial charge in [-0.15, -0.1) is 0 Å². The van der Waals surface area contributed by atoms with Crippen molar-refractivity contribution in [3.05, 3.63) is 18.0 Å². The predicted molar refractivity (Wildman–Crippen MR) is 63.2 cm³/mol. The monoisotopic (exact) mass is 223 g/mol. The van der Waals surface area contributed by atoms with Crippen molar-refractivity contribution in [1.82, 2.24) is 15.1 Å². The minimum absolute atomic E-state index is 0.422. The molecule has 1 aliphatic rings. The Hall–Kier alpha value is -0.870. The molecule has 1 aromatic rings. The highest BCUT2D eigenvalue weighted by atomic mass is 16.5. The number of nitrogens with zero attached hydrogens (tertiary/aromatic N) is 2. The molecule has 1 fully saturated rings. The Bertz CT molecular complexity index is 305. The minimum atomic E-state index is 0.422. The lowest BCUT2D eigenvalue weighted by atomic mass is 10.2. The van der Waals surface area contributed by atoms with E-state index in [0.717, 1.165) is 32.7 Å². The van der Waals surface area contributed by atoms with E-state index in [-0.39, 0.29) is 0 Å². The number of rotatable bonds is 6. The number of hydrogen-bond donors (Lipinski definition) is 1. The van der Waals surface area contributed by atoms with Crippen LogP contribution in [0.4, 0.5) is 0 Å². The highest BCUT2D eigenvalue weighted by molar-refractivity contribution is 5.03. The molecule has 4 heteroatoms. The van der Waals surface area contributed by atoms with Crippen LogP contribution in [0.5, 0.6) is 0 Å². The topological polar surface area (TPSA) is 39.1 Å². The van der Waals surface area contributed by atoms with Crippen LogP contribution in [-0.2, 0) is 17.8 Å². The van der Waals surface area contributed by atoms with Crippen LogP contribution in [0.3, 0.4) is 0 Å². The molecule has 0 bridgehead atoms. The van der Waals surface area contributed by atoms with Crippen molar-refractivity contribution < 1.29 is 4.74 Å². The van der Waals surface area contributed by atoms with E-state index in [2.05, 4.69) is 23.5 Å². The zero-order valence-electron chi connectivity index (χ0n) is 9.98. The molecule has 0 aliphatic carbocycles. The Morgan fingerprint density at radius 1 is 1.62 bits per heavy atom. The highest BCUT2D eigenvalue weighted by Crippen LogP contribution is 2.10. The fourth-order valence-corrected chi connectivity index (χ4v) is 2.03. The summed E-state index contributed by atoms with van der Waals surface area (Å²) < 4.78 is 7.55. The molecule has 2 rings (SSSR count). The van der Waals surface area contributed by atoms with Crippen molar-refractivity contribution in [3.63, 3.8) is 0 Å². The van der Waals surface area contributed by atoms with E-state index in [9.17, 15) is 0 Å².